The molecule has 4 fully saturated rings. The van der Waals surface area contributed by atoms with Gasteiger partial charge < -0.3 is 15.7 Å². The van der Waals surface area contributed by atoms with Crippen molar-refractivity contribution >= 4 is 17.5 Å². The number of rotatable bonds is 9. The first-order valence-corrected chi connectivity index (χ1v) is 12.2. The molecule has 4 aliphatic carbocycles. The van der Waals surface area contributed by atoms with Crippen molar-refractivity contribution in [1.82, 2.24) is 10.6 Å². The third-order valence-electron chi connectivity index (χ3n) is 7.59. The Balaban J connectivity index is 1.33. The Morgan fingerprint density at radius 3 is 2.40 bits per heavy atom. The zero-order valence-electron chi connectivity index (χ0n) is 18.4. The molecule has 0 saturated heterocycles. The smallest absolute Gasteiger partial charge is 0.252 e. The highest BCUT2D eigenvalue weighted by Crippen LogP contribution is 2.59. The predicted molar refractivity (Wildman–Crippen MR) is 122 cm³/mol. The largest absolute Gasteiger partial charge is 0.392 e. The molecular formula is C25H37ClN2O2. The minimum absolute atomic E-state index is 0.0559. The first-order chi connectivity index (χ1) is 14.3. The lowest BCUT2D eigenvalue weighted by atomic mass is 9.49. The van der Waals surface area contributed by atoms with E-state index in [0.717, 1.165) is 36.3 Å². The van der Waals surface area contributed by atoms with E-state index in [4.69, 9.17) is 11.6 Å². The number of aliphatic hydroxyl groups is 1. The summed E-state index contributed by atoms with van der Waals surface area (Å²) in [7, 11) is 0. The minimum atomic E-state index is -0.392. The number of aliphatic hydroxyl groups excluding tert-OH is 1. The van der Waals surface area contributed by atoms with Crippen LogP contribution in [0.1, 0.15) is 74.7 Å². The van der Waals surface area contributed by atoms with Gasteiger partial charge in [0.2, 0.25) is 0 Å². The van der Waals surface area contributed by atoms with Crippen LogP contribution in [-0.4, -0.2) is 36.2 Å². The Hall–Kier alpha value is -1.10. The van der Waals surface area contributed by atoms with Crippen molar-refractivity contribution in [3.05, 3.63) is 34.3 Å². The number of halogens is 1. The number of aryl methyl sites for hydroxylation is 1. The number of amides is 1. The van der Waals surface area contributed by atoms with Crippen LogP contribution in [-0.2, 0) is 6.42 Å². The summed E-state index contributed by atoms with van der Waals surface area (Å²) >= 11 is 6.37. The molecule has 0 aromatic heterocycles. The van der Waals surface area contributed by atoms with Crippen molar-refractivity contribution in [1.29, 1.82) is 0 Å². The lowest BCUT2D eigenvalue weighted by Gasteiger charge is -2.56. The third-order valence-corrected chi connectivity index (χ3v) is 7.92. The van der Waals surface area contributed by atoms with Gasteiger partial charge in [-0.3, -0.25) is 4.79 Å². The maximum Gasteiger partial charge on any atom is 0.252 e. The fourth-order valence-electron chi connectivity index (χ4n) is 6.58. The molecule has 1 unspecified atom stereocenters. The summed E-state index contributed by atoms with van der Waals surface area (Å²) in [5.41, 5.74) is 1.93. The molecule has 4 saturated carbocycles. The van der Waals surface area contributed by atoms with Gasteiger partial charge in [-0.2, -0.15) is 0 Å². The van der Waals surface area contributed by atoms with Crippen molar-refractivity contribution in [2.75, 3.05) is 13.1 Å². The molecule has 166 valence electrons. The summed E-state index contributed by atoms with van der Waals surface area (Å²) in [4.78, 5) is 13.0. The standard InChI is InChI=1S/C25H37ClN2O2/c1-16(2)27-14-21(29)5-3-17-4-6-23(26)22(10-17)24(30)28-15-25-11-18-7-19(12-25)9-20(8-18)13-25/h4,6,10,16,18-21,27,29H,3,5,7-9,11-15H2,1-2H3,(H,28,30). The Kier molecular flexibility index (Phi) is 6.76. The molecule has 1 aromatic carbocycles. The van der Waals surface area contributed by atoms with Crippen molar-refractivity contribution < 1.29 is 9.90 Å². The van der Waals surface area contributed by atoms with Gasteiger partial charge in [-0.05, 0) is 92.2 Å². The summed E-state index contributed by atoms with van der Waals surface area (Å²) < 4.78 is 0. The third kappa shape index (κ3) is 5.20. The molecule has 3 N–H and O–H groups in total. The van der Waals surface area contributed by atoms with Gasteiger partial charge in [-0.1, -0.05) is 31.5 Å². The quantitative estimate of drug-likeness (QED) is 0.535. The van der Waals surface area contributed by atoms with Crippen LogP contribution in [0.4, 0.5) is 0 Å². The van der Waals surface area contributed by atoms with E-state index in [1.54, 1.807) is 0 Å². The van der Waals surface area contributed by atoms with Crippen molar-refractivity contribution in [3.8, 4) is 0 Å². The summed E-state index contributed by atoms with van der Waals surface area (Å²) in [6.07, 6.45) is 9.11. The monoisotopic (exact) mass is 432 g/mol. The number of hydrogen-bond acceptors (Lipinski definition) is 3. The molecule has 1 amide bonds. The maximum absolute atomic E-state index is 13.0. The summed E-state index contributed by atoms with van der Waals surface area (Å²) in [5.74, 6) is 2.60. The van der Waals surface area contributed by atoms with Crippen LogP contribution < -0.4 is 10.6 Å². The summed E-state index contributed by atoms with van der Waals surface area (Å²) in [5, 5.41) is 17.2. The van der Waals surface area contributed by atoms with Gasteiger partial charge >= 0.3 is 0 Å². The summed E-state index contributed by atoms with van der Waals surface area (Å²) in [6.45, 7) is 5.51. The predicted octanol–water partition coefficient (Wildman–Crippen LogP) is 4.58. The molecule has 1 aromatic rings. The van der Waals surface area contributed by atoms with E-state index in [1.807, 2.05) is 18.2 Å². The van der Waals surface area contributed by atoms with E-state index in [1.165, 1.54) is 38.5 Å². The first kappa shape index (κ1) is 22.1. The fraction of sp³-hybridized carbons (Fsp3) is 0.720. The zero-order chi connectivity index (χ0) is 21.3. The average molecular weight is 433 g/mol. The van der Waals surface area contributed by atoms with Crippen molar-refractivity contribution in [2.45, 2.75) is 77.4 Å². The van der Waals surface area contributed by atoms with Gasteiger partial charge in [0.05, 0.1) is 16.7 Å². The molecule has 30 heavy (non-hydrogen) atoms. The van der Waals surface area contributed by atoms with Gasteiger partial charge in [0.25, 0.3) is 5.91 Å². The Morgan fingerprint density at radius 1 is 1.17 bits per heavy atom. The molecule has 0 heterocycles. The van der Waals surface area contributed by atoms with Gasteiger partial charge in [0, 0.05) is 19.1 Å². The molecule has 4 aliphatic rings. The topological polar surface area (TPSA) is 61.4 Å². The fourth-order valence-corrected chi connectivity index (χ4v) is 6.78. The van der Waals surface area contributed by atoms with E-state index >= 15 is 0 Å². The molecule has 0 aliphatic heterocycles. The van der Waals surface area contributed by atoms with E-state index < -0.39 is 6.10 Å². The second-order valence-corrected chi connectivity index (χ2v) is 11.1. The molecule has 4 nitrogen and oxygen atoms in total. The van der Waals surface area contributed by atoms with Gasteiger partial charge in [-0.15, -0.1) is 0 Å². The SMILES string of the molecule is CC(C)NCC(O)CCc1ccc(Cl)c(C(=O)NCC23CC4CC(CC(C4)C2)C3)c1. The van der Waals surface area contributed by atoms with E-state index in [2.05, 4.69) is 24.5 Å². The van der Waals surface area contributed by atoms with E-state index in [9.17, 15) is 9.90 Å². The number of benzene rings is 1. The van der Waals surface area contributed by atoms with Crippen LogP contribution in [0.5, 0.6) is 0 Å². The number of hydrogen-bond donors (Lipinski definition) is 3. The molecule has 0 spiro atoms. The Labute approximate surface area is 186 Å². The number of carbonyl (C=O) groups excluding carboxylic acids is 1. The van der Waals surface area contributed by atoms with Crippen molar-refractivity contribution in [2.24, 2.45) is 23.2 Å². The summed E-state index contributed by atoms with van der Waals surface area (Å²) in [6, 6.07) is 6.04. The zero-order valence-corrected chi connectivity index (χ0v) is 19.2. The lowest BCUT2D eigenvalue weighted by molar-refractivity contribution is -0.0503. The van der Waals surface area contributed by atoms with Gasteiger partial charge in [0.1, 0.15) is 0 Å². The van der Waals surface area contributed by atoms with Crippen molar-refractivity contribution in [3.63, 3.8) is 0 Å². The number of carbonyl (C=O) groups is 1. The molecule has 0 radical (unpaired) electrons. The average Bonchev–Trinajstić information content (AvgIpc) is 2.69. The highest BCUT2D eigenvalue weighted by atomic mass is 35.5. The molecule has 4 bridgehead atoms. The highest BCUT2D eigenvalue weighted by Gasteiger charge is 2.50. The lowest BCUT2D eigenvalue weighted by Crippen LogP contribution is -2.51. The van der Waals surface area contributed by atoms with Crippen LogP contribution in [0.15, 0.2) is 18.2 Å². The second kappa shape index (κ2) is 9.18. The van der Waals surface area contributed by atoms with Crippen LogP contribution in [0.25, 0.3) is 0 Å². The minimum Gasteiger partial charge on any atom is -0.392 e. The van der Waals surface area contributed by atoms with Crippen LogP contribution in [0, 0.1) is 23.2 Å². The normalized spacial score (nSPS) is 30.6. The number of nitrogens with one attached hydrogen (secondary N) is 2. The van der Waals surface area contributed by atoms with Crippen LogP contribution in [0.3, 0.4) is 0 Å². The van der Waals surface area contributed by atoms with E-state index in [0.29, 0.717) is 35.0 Å². The molecule has 5 rings (SSSR count). The van der Waals surface area contributed by atoms with Crippen LogP contribution in [0.2, 0.25) is 5.02 Å². The highest BCUT2D eigenvalue weighted by molar-refractivity contribution is 6.33. The second-order valence-electron chi connectivity index (χ2n) is 10.7. The molecular weight excluding hydrogens is 396 g/mol. The van der Waals surface area contributed by atoms with Crippen LogP contribution >= 0.6 is 11.6 Å². The Morgan fingerprint density at radius 2 is 1.80 bits per heavy atom. The first-order valence-electron chi connectivity index (χ1n) is 11.8. The molecule has 1 atom stereocenters. The molecule has 5 heteroatoms. The van der Waals surface area contributed by atoms with Gasteiger partial charge in [-0.25, -0.2) is 0 Å². The van der Waals surface area contributed by atoms with E-state index in [-0.39, 0.29) is 5.91 Å². The van der Waals surface area contributed by atoms with Gasteiger partial charge in [0.15, 0.2) is 0 Å². The maximum atomic E-state index is 13.0. The Bertz CT molecular complexity index is 728.